The molecule has 0 atom stereocenters. The molecule has 7 heavy (non-hydrogen) atoms. The molecule has 0 saturated heterocycles. The Hall–Kier alpha value is 0.325. The summed E-state index contributed by atoms with van der Waals surface area (Å²) in [5.41, 5.74) is 0. The summed E-state index contributed by atoms with van der Waals surface area (Å²) in [4.78, 5) is 0. The normalized spacial score (nSPS) is 7.43. The topological polar surface area (TPSA) is 0 Å². The van der Waals surface area contributed by atoms with Crippen molar-refractivity contribution >= 4 is 37.1 Å². The molecule has 0 fully saturated rings. The third kappa shape index (κ3) is 6.32. The van der Waals surface area contributed by atoms with Gasteiger partial charge in [-0.2, -0.15) is 0 Å². The number of hydrogen-bond acceptors (Lipinski definition) is 0. The molecule has 0 heterocycles. The lowest BCUT2D eigenvalue weighted by Crippen LogP contribution is -2.05. The van der Waals surface area contributed by atoms with Crippen molar-refractivity contribution in [3.05, 3.63) is 0 Å². The second-order valence-electron chi connectivity index (χ2n) is 1.24. The molecule has 0 unspecified atom stereocenters. The molecule has 0 nitrogen and oxygen atoms in total. The molecule has 0 saturated carbocycles. The average molecular weight is 83.1 g/mol. The van der Waals surface area contributed by atoms with E-state index in [1.807, 2.05) is 7.17 Å². The smallest absolute Gasteiger partial charge is 0.0903 e. The SMILES string of the molecule is [B][B][B]C[B]C[BH]. The van der Waals surface area contributed by atoms with Crippen LogP contribution in [-0.4, -0.2) is 37.1 Å². The van der Waals surface area contributed by atoms with Gasteiger partial charge >= 0.3 is 0 Å². The Balaban J connectivity index is 2.45. The van der Waals surface area contributed by atoms with Crippen molar-refractivity contribution in [1.29, 1.82) is 0 Å². The van der Waals surface area contributed by atoms with E-state index >= 15 is 0 Å². The van der Waals surface area contributed by atoms with Crippen LogP contribution in [0, 0.1) is 0 Å². The molecular weight excluding hydrogens is 78.1 g/mol. The number of hydrogen-bond donors (Lipinski definition) is 0. The third-order valence-corrected chi connectivity index (χ3v) is 0.643. The lowest BCUT2D eigenvalue weighted by molar-refractivity contribution is 1.90. The number of rotatable bonds is 4. The fourth-order valence-corrected chi connectivity index (χ4v) is 0.293. The highest BCUT2D eigenvalue weighted by molar-refractivity contribution is 7.25. The summed E-state index contributed by atoms with van der Waals surface area (Å²) < 4.78 is 0. The molecule has 28 valence electrons. The largest absolute Gasteiger partial charge is 0.115 e. The van der Waals surface area contributed by atoms with E-state index in [1.165, 1.54) is 0 Å². The van der Waals surface area contributed by atoms with Gasteiger partial charge in [0.1, 0.15) is 0 Å². The van der Waals surface area contributed by atoms with Crippen molar-refractivity contribution in [1.82, 2.24) is 0 Å². The van der Waals surface area contributed by atoms with Crippen molar-refractivity contribution in [3.63, 3.8) is 0 Å². The molecule has 0 rings (SSSR count). The zero-order valence-corrected chi connectivity index (χ0v) is 4.43. The van der Waals surface area contributed by atoms with Crippen LogP contribution in [0.25, 0.3) is 0 Å². The van der Waals surface area contributed by atoms with Gasteiger partial charge in [-0.3, -0.25) is 0 Å². The van der Waals surface area contributed by atoms with Gasteiger partial charge in [-0.05, 0) is 0 Å². The standard InChI is InChI=1S/C2H5B5/c3-1-5-2-6-7-4/h3H,1-2H2. The van der Waals surface area contributed by atoms with Crippen molar-refractivity contribution in [2.75, 3.05) is 0 Å². The van der Waals surface area contributed by atoms with E-state index in [0.29, 0.717) is 0 Å². The first-order valence-corrected chi connectivity index (χ1v) is 2.39. The van der Waals surface area contributed by atoms with Gasteiger partial charge in [0.05, 0.1) is 15.1 Å². The zero-order chi connectivity index (χ0) is 5.54. The van der Waals surface area contributed by atoms with Crippen LogP contribution in [-0.2, 0) is 0 Å². The van der Waals surface area contributed by atoms with Crippen LogP contribution in [0.1, 0.15) is 0 Å². The van der Waals surface area contributed by atoms with Crippen LogP contribution in [0.3, 0.4) is 0 Å². The molecule has 0 aromatic rings. The van der Waals surface area contributed by atoms with Crippen LogP contribution in [0.15, 0.2) is 0 Å². The molecule has 0 aliphatic rings. The van der Waals surface area contributed by atoms with E-state index in [-0.39, 0.29) is 0 Å². The van der Waals surface area contributed by atoms with Crippen LogP contribution in [0.2, 0.25) is 12.4 Å². The Kier molecular flexibility index (Phi) is 6.62. The van der Waals surface area contributed by atoms with E-state index in [0.717, 1.165) is 12.4 Å². The molecule has 0 N–H and O–H groups in total. The summed E-state index contributed by atoms with van der Waals surface area (Å²) in [6, 6.07) is 0. The average Bonchev–Trinajstić information content (AvgIpc) is 1.69. The minimum atomic E-state index is 0.879. The van der Waals surface area contributed by atoms with Crippen LogP contribution in [0.4, 0.5) is 0 Å². The minimum absolute atomic E-state index is 0.879. The van der Waals surface area contributed by atoms with Crippen molar-refractivity contribution in [2.45, 2.75) is 12.4 Å². The van der Waals surface area contributed by atoms with Crippen LogP contribution in [0.5, 0.6) is 0 Å². The molecule has 0 aliphatic carbocycles. The van der Waals surface area contributed by atoms with Crippen LogP contribution < -0.4 is 0 Å². The maximum absolute atomic E-state index is 5.05. The van der Waals surface area contributed by atoms with Crippen molar-refractivity contribution in [3.8, 4) is 0 Å². The van der Waals surface area contributed by atoms with Gasteiger partial charge in [-0.15, -0.1) is 12.4 Å². The maximum Gasteiger partial charge on any atom is 0.0903 e. The first-order valence-electron chi connectivity index (χ1n) is 2.39. The van der Waals surface area contributed by atoms with Gasteiger partial charge in [-0.1, -0.05) is 0 Å². The molecule has 0 amide bonds. The van der Waals surface area contributed by atoms with Crippen molar-refractivity contribution in [2.24, 2.45) is 0 Å². The fraction of sp³-hybridized carbons (Fsp3) is 1.00. The van der Waals surface area contributed by atoms with Crippen LogP contribution >= 0.6 is 0 Å². The summed E-state index contributed by atoms with van der Waals surface area (Å²) >= 11 is 0. The first-order chi connectivity index (χ1) is 3.41. The molecule has 0 spiro atoms. The van der Waals surface area contributed by atoms with Gasteiger partial charge in [0.25, 0.3) is 0 Å². The van der Waals surface area contributed by atoms with E-state index in [2.05, 4.69) is 15.1 Å². The van der Waals surface area contributed by atoms with Gasteiger partial charge in [0.15, 0.2) is 0 Å². The summed E-state index contributed by atoms with van der Waals surface area (Å²) in [5.74, 6) is 0. The second kappa shape index (κ2) is 6.32. The molecule has 0 bridgehead atoms. The lowest BCUT2D eigenvalue weighted by atomic mass is 9.23. The molecular formula is C2H5B5. The quantitative estimate of drug-likeness (QED) is 0.294. The minimum Gasteiger partial charge on any atom is -0.115 e. The summed E-state index contributed by atoms with van der Waals surface area (Å²) in [6.07, 6.45) is 1.82. The molecule has 0 aromatic heterocycles. The molecule has 6 radical (unpaired) electrons. The van der Waals surface area contributed by atoms with E-state index < -0.39 is 0 Å². The van der Waals surface area contributed by atoms with E-state index in [9.17, 15) is 0 Å². The summed E-state index contributed by atoms with van der Waals surface area (Å²) in [7, 11) is 14.2. The Morgan fingerprint density at radius 1 is 1.57 bits per heavy atom. The zero-order valence-electron chi connectivity index (χ0n) is 4.43. The Bertz CT molecular complexity index is 25.3. The van der Waals surface area contributed by atoms with Gasteiger partial charge < -0.3 is 0 Å². The Labute approximate surface area is 50.3 Å². The van der Waals surface area contributed by atoms with Gasteiger partial charge in [0.2, 0.25) is 0 Å². The van der Waals surface area contributed by atoms with E-state index in [1.54, 1.807) is 7.06 Å². The summed E-state index contributed by atoms with van der Waals surface area (Å²) in [5, 5.41) is 0. The molecule has 0 aromatic carbocycles. The third-order valence-electron chi connectivity index (χ3n) is 0.643. The maximum atomic E-state index is 5.05. The Morgan fingerprint density at radius 3 is 2.71 bits per heavy atom. The first kappa shape index (κ1) is 7.32. The van der Waals surface area contributed by atoms with Gasteiger partial charge in [0, 0.05) is 22.0 Å². The highest BCUT2D eigenvalue weighted by Gasteiger charge is 1.84. The molecule has 0 aliphatic heterocycles. The summed E-state index contributed by atoms with van der Waals surface area (Å²) in [6.45, 7) is 0. The van der Waals surface area contributed by atoms with E-state index in [4.69, 9.17) is 7.74 Å². The Morgan fingerprint density at radius 2 is 2.29 bits per heavy atom. The predicted molar refractivity (Wildman–Crippen MR) is 39.8 cm³/mol. The van der Waals surface area contributed by atoms with Crippen molar-refractivity contribution < 1.29 is 0 Å². The lowest BCUT2D eigenvalue weighted by Gasteiger charge is -1.86. The molecule has 5 heteroatoms. The second-order valence-corrected chi connectivity index (χ2v) is 1.24. The van der Waals surface area contributed by atoms with Gasteiger partial charge in [-0.25, -0.2) is 0 Å². The fourth-order valence-electron chi connectivity index (χ4n) is 0.293. The highest BCUT2D eigenvalue weighted by atomic mass is 13.3. The monoisotopic (exact) mass is 84.1 g/mol. The predicted octanol–water partition coefficient (Wildman–Crippen LogP) is -1.25. The highest BCUT2D eigenvalue weighted by Crippen LogP contribution is 1.74.